The third-order valence-electron chi connectivity index (χ3n) is 3.62. The Bertz CT molecular complexity index is 571. The van der Waals surface area contributed by atoms with Crippen molar-refractivity contribution in [1.82, 2.24) is 0 Å². The molecule has 0 aliphatic carbocycles. The first-order valence-corrected chi connectivity index (χ1v) is 7.34. The molecule has 1 aromatic rings. The molecule has 2 rings (SSSR count). The van der Waals surface area contributed by atoms with Gasteiger partial charge in [0.15, 0.2) is 0 Å². The number of para-hydroxylation sites is 1. The highest BCUT2D eigenvalue weighted by molar-refractivity contribution is 7.59. The summed E-state index contributed by atoms with van der Waals surface area (Å²) in [5, 5.41) is 0. The lowest BCUT2D eigenvalue weighted by molar-refractivity contribution is 0.548. The first kappa shape index (κ1) is 15.6. The van der Waals surface area contributed by atoms with E-state index in [1.54, 1.807) is 0 Å². The van der Waals surface area contributed by atoms with E-state index >= 15 is 0 Å². The van der Waals surface area contributed by atoms with Crippen molar-refractivity contribution < 1.29 is 12.6 Å². The van der Waals surface area contributed by atoms with Gasteiger partial charge >= 0.3 is 10.6 Å². The predicted molar refractivity (Wildman–Crippen MR) is 75.8 cm³/mol. The SMILES string of the molecule is CCCCC1(C)C(C)=Nc2ccccc21.O=S(=O)=O. The Hall–Kier alpha value is -1.49. The summed E-state index contributed by atoms with van der Waals surface area (Å²) in [6, 6.07) is 8.54. The zero-order valence-electron chi connectivity index (χ0n) is 11.5. The van der Waals surface area contributed by atoms with Gasteiger partial charge in [0.25, 0.3) is 0 Å². The second-order valence-electron chi connectivity index (χ2n) is 4.85. The van der Waals surface area contributed by atoms with Crippen LogP contribution in [0.3, 0.4) is 0 Å². The van der Waals surface area contributed by atoms with Crippen LogP contribution in [0.2, 0.25) is 0 Å². The summed E-state index contributed by atoms with van der Waals surface area (Å²) < 4.78 is 25.3. The molecular formula is C14H19NO3S. The van der Waals surface area contributed by atoms with Gasteiger partial charge in [0, 0.05) is 11.1 Å². The zero-order chi connectivity index (χ0) is 14.5. The van der Waals surface area contributed by atoms with Gasteiger partial charge in [-0.15, -0.1) is 12.6 Å². The van der Waals surface area contributed by atoms with E-state index in [2.05, 4.69) is 50.0 Å². The maximum Gasteiger partial charge on any atom is 0.425 e. The van der Waals surface area contributed by atoms with Crippen LogP contribution < -0.4 is 0 Å². The summed E-state index contributed by atoms with van der Waals surface area (Å²) in [5.74, 6) is 0. The largest absolute Gasteiger partial charge is 0.425 e. The summed E-state index contributed by atoms with van der Waals surface area (Å²) in [4.78, 5) is 4.67. The van der Waals surface area contributed by atoms with Gasteiger partial charge in [0.1, 0.15) is 0 Å². The molecule has 0 saturated heterocycles. The first-order chi connectivity index (χ1) is 8.91. The number of hydrogen-bond donors (Lipinski definition) is 0. The molecule has 4 nitrogen and oxygen atoms in total. The molecule has 19 heavy (non-hydrogen) atoms. The number of benzene rings is 1. The van der Waals surface area contributed by atoms with E-state index in [9.17, 15) is 0 Å². The molecule has 0 spiro atoms. The zero-order valence-corrected chi connectivity index (χ0v) is 12.3. The van der Waals surface area contributed by atoms with E-state index in [0.717, 1.165) is 0 Å². The van der Waals surface area contributed by atoms with Crippen LogP contribution in [0.4, 0.5) is 5.69 Å². The summed E-state index contributed by atoms with van der Waals surface area (Å²) >= 11 is 0. The van der Waals surface area contributed by atoms with Crippen molar-refractivity contribution >= 4 is 22.0 Å². The lowest BCUT2D eigenvalue weighted by atomic mass is 9.76. The van der Waals surface area contributed by atoms with Gasteiger partial charge in [0.05, 0.1) is 5.69 Å². The van der Waals surface area contributed by atoms with Crippen LogP contribution >= 0.6 is 0 Å². The number of rotatable bonds is 3. The van der Waals surface area contributed by atoms with Gasteiger partial charge in [-0.2, -0.15) is 0 Å². The molecule has 1 heterocycles. The standard InChI is InChI=1S/C14H19N.O3S/c1-4-5-10-14(3)11(2)15-13-9-7-6-8-12(13)14;1-4(2)3/h6-9H,4-5,10H2,1-3H3;. The Kier molecular flexibility index (Phi) is 5.42. The maximum atomic E-state index is 8.44. The second kappa shape index (κ2) is 6.61. The molecule has 0 bridgehead atoms. The molecule has 0 aromatic heterocycles. The summed E-state index contributed by atoms with van der Waals surface area (Å²) in [6.07, 6.45) is 3.75. The Morgan fingerprint density at radius 2 is 1.79 bits per heavy atom. The fraction of sp³-hybridized carbons (Fsp3) is 0.500. The van der Waals surface area contributed by atoms with Crippen LogP contribution in [0, 0.1) is 0 Å². The van der Waals surface area contributed by atoms with Gasteiger partial charge in [-0.25, -0.2) is 0 Å². The molecule has 104 valence electrons. The van der Waals surface area contributed by atoms with Crippen LogP contribution in [-0.4, -0.2) is 18.3 Å². The van der Waals surface area contributed by atoms with E-state index in [1.807, 2.05) is 0 Å². The quantitative estimate of drug-likeness (QED) is 0.854. The van der Waals surface area contributed by atoms with Gasteiger partial charge in [0.2, 0.25) is 0 Å². The van der Waals surface area contributed by atoms with Crippen LogP contribution in [0.1, 0.15) is 45.6 Å². The first-order valence-electron chi connectivity index (χ1n) is 6.34. The number of nitrogens with zero attached hydrogens (tertiary/aromatic N) is 1. The smallest absolute Gasteiger partial charge is 0.257 e. The summed E-state index contributed by atoms with van der Waals surface area (Å²) in [6.45, 7) is 6.74. The minimum atomic E-state index is -3.11. The molecular weight excluding hydrogens is 262 g/mol. The van der Waals surface area contributed by atoms with E-state index in [1.165, 1.54) is 36.2 Å². The molecule has 0 saturated carbocycles. The Morgan fingerprint density at radius 1 is 1.21 bits per heavy atom. The van der Waals surface area contributed by atoms with Crippen LogP contribution in [-0.2, 0) is 16.0 Å². The Morgan fingerprint density at radius 3 is 2.37 bits per heavy atom. The highest BCUT2D eigenvalue weighted by Gasteiger charge is 2.35. The lowest BCUT2D eigenvalue weighted by Crippen LogP contribution is -2.27. The van der Waals surface area contributed by atoms with Crippen LogP contribution in [0.15, 0.2) is 29.3 Å². The lowest BCUT2D eigenvalue weighted by Gasteiger charge is -2.25. The highest BCUT2D eigenvalue weighted by Crippen LogP contribution is 2.42. The van der Waals surface area contributed by atoms with E-state index in [0.29, 0.717) is 0 Å². The topological polar surface area (TPSA) is 63.6 Å². The molecule has 0 radical (unpaired) electrons. The number of aliphatic imine (C=N–C) groups is 1. The van der Waals surface area contributed by atoms with Crippen molar-refractivity contribution in [2.75, 3.05) is 0 Å². The van der Waals surface area contributed by atoms with Crippen molar-refractivity contribution in [3.05, 3.63) is 29.8 Å². The molecule has 1 aliphatic heterocycles. The third-order valence-corrected chi connectivity index (χ3v) is 3.62. The maximum absolute atomic E-state index is 8.44. The highest BCUT2D eigenvalue weighted by atomic mass is 32.2. The fourth-order valence-electron chi connectivity index (χ4n) is 2.38. The van der Waals surface area contributed by atoms with Gasteiger partial charge in [-0.05, 0) is 25.0 Å². The van der Waals surface area contributed by atoms with Crippen LogP contribution in [0.25, 0.3) is 0 Å². The van der Waals surface area contributed by atoms with Gasteiger partial charge in [-0.3, -0.25) is 4.99 Å². The second-order valence-corrected chi connectivity index (χ2v) is 5.26. The van der Waals surface area contributed by atoms with E-state index in [4.69, 9.17) is 12.6 Å². The van der Waals surface area contributed by atoms with Gasteiger partial charge < -0.3 is 0 Å². The Labute approximate surface area is 115 Å². The molecule has 0 fully saturated rings. The molecule has 1 aromatic carbocycles. The minimum Gasteiger partial charge on any atom is -0.257 e. The average Bonchev–Trinajstić information content (AvgIpc) is 2.60. The van der Waals surface area contributed by atoms with Gasteiger partial charge in [-0.1, -0.05) is 44.9 Å². The molecule has 5 heteroatoms. The average molecular weight is 281 g/mol. The van der Waals surface area contributed by atoms with Crippen LogP contribution in [0.5, 0.6) is 0 Å². The normalized spacial score (nSPS) is 20.1. The van der Waals surface area contributed by atoms with Crippen molar-refractivity contribution in [3.8, 4) is 0 Å². The van der Waals surface area contributed by atoms with Crippen molar-refractivity contribution in [3.63, 3.8) is 0 Å². The van der Waals surface area contributed by atoms with E-state index < -0.39 is 10.6 Å². The predicted octanol–water partition coefficient (Wildman–Crippen LogP) is 3.24. The molecule has 1 atom stereocenters. The summed E-state index contributed by atoms with van der Waals surface area (Å²) in [7, 11) is -3.11. The summed E-state index contributed by atoms with van der Waals surface area (Å²) in [5.41, 5.74) is 4.05. The fourth-order valence-corrected chi connectivity index (χ4v) is 2.38. The van der Waals surface area contributed by atoms with E-state index in [-0.39, 0.29) is 5.41 Å². The van der Waals surface area contributed by atoms with Crippen molar-refractivity contribution in [2.45, 2.75) is 45.4 Å². The Balaban J connectivity index is 0.000000399. The van der Waals surface area contributed by atoms with Crippen molar-refractivity contribution in [2.24, 2.45) is 4.99 Å². The van der Waals surface area contributed by atoms with Crippen molar-refractivity contribution in [1.29, 1.82) is 0 Å². The minimum absolute atomic E-state index is 0.187. The third kappa shape index (κ3) is 3.73. The monoisotopic (exact) mass is 281 g/mol. The molecule has 0 N–H and O–H groups in total. The molecule has 0 amide bonds. The number of fused-ring (bicyclic) bond motifs is 1. The molecule has 1 unspecified atom stereocenters. The number of unbranched alkanes of at least 4 members (excludes halogenated alkanes) is 1. The number of hydrogen-bond acceptors (Lipinski definition) is 4. The molecule has 1 aliphatic rings.